The monoisotopic (exact) mass is 326 g/mol. The summed E-state index contributed by atoms with van der Waals surface area (Å²) < 4.78 is 2.20. The van der Waals surface area contributed by atoms with Gasteiger partial charge in [-0.2, -0.15) is 0 Å². The van der Waals surface area contributed by atoms with Crippen molar-refractivity contribution in [2.45, 2.75) is 49.9 Å². The van der Waals surface area contributed by atoms with E-state index in [-0.39, 0.29) is 6.10 Å². The van der Waals surface area contributed by atoms with Crippen molar-refractivity contribution >= 4 is 16.9 Å². The normalized spacial score (nSPS) is 37.7. The Morgan fingerprint density at radius 3 is 2.42 bits per heavy atom. The van der Waals surface area contributed by atoms with Gasteiger partial charge in [-0.05, 0) is 37.7 Å². The topological polar surface area (TPSA) is 65.7 Å². The second-order valence-electron chi connectivity index (χ2n) is 7.70. The molecule has 126 valence electrons. The van der Waals surface area contributed by atoms with Crippen LogP contribution in [-0.2, 0) is 0 Å². The SMILES string of the molecule is O=C(O)c1cn(C2CC3CC4CC(C2)N3CC4O)c2ccccc12. The summed E-state index contributed by atoms with van der Waals surface area (Å²) in [6, 6.07) is 9.24. The van der Waals surface area contributed by atoms with Crippen molar-refractivity contribution in [3.8, 4) is 0 Å². The largest absolute Gasteiger partial charge is 0.478 e. The highest BCUT2D eigenvalue weighted by atomic mass is 16.4. The molecule has 3 atom stereocenters. The number of aromatic nitrogens is 1. The number of carbonyl (C=O) groups is 1. The third-order valence-corrected chi connectivity index (χ3v) is 6.48. The van der Waals surface area contributed by atoms with Crippen LogP contribution in [0, 0.1) is 5.92 Å². The summed E-state index contributed by atoms with van der Waals surface area (Å²) in [6.07, 6.45) is 5.95. The molecule has 1 aromatic heterocycles. The number of aromatic carboxylic acids is 1. The number of carboxylic acid groups (broad SMARTS) is 1. The fraction of sp³-hybridized carbons (Fsp3) is 0.526. The van der Waals surface area contributed by atoms with Gasteiger partial charge in [-0.15, -0.1) is 0 Å². The first-order chi connectivity index (χ1) is 11.6. The molecule has 2 N–H and O–H groups in total. The van der Waals surface area contributed by atoms with Gasteiger partial charge < -0.3 is 14.8 Å². The number of aliphatic hydroxyl groups excluding tert-OH is 1. The van der Waals surface area contributed by atoms with E-state index in [1.165, 1.54) is 0 Å². The van der Waals surface area contributed by atoms with Gasteiger partial charge in [0.15, 0.2) is 0 Å². The van der Waals surface area contributed by atoms with E-state index < -0.39 is 5.97 Å². The van der Waals surface area contributed by atoms with Crippen molar-refractivity contribution in [2.75, 3.05) is 6.54 Å². The molecule has 4 bridgehead atoms. The minimum atomic E-state index is -0.855. The summed E-state index contributed by atoms with van der Waals surface area (Å²) in [5.41, 5.74) is 1.43. The second-order valence-corrected chi connectivity index (χ2v) is 7.70. The minimum Gasteiger partial charge on any atom is -0.478 e. The summed E-state index contributed by atoms with van der Waals surface area (Å²) in [7, 11) is 0. The Labute approximate surface area is 140 Å². The smallest absolute Gasteiger partial charge is 0.337 e. The molecule has 4 aliphatic rings. The average molecular weight is 326 g/mol. The fourth-order valence-corrected chi connectivity index (χ4v) is 5.43. The lowest BCUT2D eigenvalue weighted by Crippen LogP contribution is -2.63. The van der Waals surface area contributed by atoms with E-state index in [1.807, 2.05) is 30.5 Å². The number of aliphatic hydroxyl groups is 1. The van der Waals surface area contributed by atoms with Crippen LogP contribution in [0.3, 0.4) is 0 Å². The van der Waals surface area contributed by atoms with Crippen LogP contribution in [0.1, 0.15) is 42.1 Å². The van der Waals surface area contributed by atoms with Gasteiger partial charge in [-0.1, -0.05) is 18.2 Å². The van der Waals surface area contributed by atoms with Gasteiger partial charge in [0, 0.05) is 41.8 Å². The van der Waals surface area contributed by atoms with Gasteiger partial charge in [0.1, 0.15) is 0 Å². The zero-order valence-electron chi connectivity index (χ0n) is 13.5. The number of hydrogen-bond donors (Lipinski definition) is 2. The standard InChI is InChI=1S/C19H22N2O3/c22-18-10-20-12-5-11(18)6-13(20)8-14(7-12)21-9-16(19(23)24)15-3-1-2-4-17(15)21/h1-4,9,11-14,18,22H,5-8,10H2,(H,23,24). The van der Waals surface area contributed by atoms with Gasteiger partial charge >= 0.3 is 5.97 Å². The number of para-hydroxylation sites is 1. The summed E-state index contributed by atoms with van der Waals surface area (Å²) in [5, 5.41) is 20.5. The van der Waals surface area contributed by atoms with E-state index in [2.05, 4.69) is 9.47 Å². The molecule has 0 aliphatic carbocycles. The first-order valence-corrected chi connectivity index (χ1v) is 8.88. The third-order valence-electron chi connectivity index (χ3n) is 6.48. The van der Waals surface area contributed by atoms with E-state index >= 15 is 0 Å². The van der Waals surface area contributed by atoms with Crippen LogP contribution in [-0.4, -0.2) is 50.4 Å². The highest BCUT2D eigenvalue weighted by Crippen LogP contribution is 2.46. The predicted octanol–water partition coefficient (Wildman–Crippen LogP) is 2.50. The molecule has 0 amide bonds. The zero-order chi connectivity index (χ0) is 16.4. The summed E-state index contributed by atoms with van der Waals surface area (Å²) in [5.74, 6) is -0.395. The van der Waals surface area contributed by atoms with Gasteiger partial charge in [-0.25, -0.2) is 4.79 Å². The van der Waals surface area contributed by atoms with Crippen LogP contribution >= 0.6 is 0 Å². The van der Waals surface area contributed by atoms with Crippen molar-refractivity contribution in [2.24, 2.45) is 5.92 Å². The molecular weight excluding hydrogens is 304 g/mol. The zero-order valence-corrected chi connectivity index (χ0v) is 13.5. The summed E-state index contributed by atoms with van der Waals surface area (Å²) >= 11 is 0. The minimum absolute atomic E-state index is 0.153. The molecule has 4 aliphatic heterocycles. The number of fused-ring (bicyclic) bond motifs is 2. The van der Waals surface area contributed by atoms with E-state index in [4.69, 9.17) is 0 Å². The van der Waals surface area contributed by atoms with Crippen LogP contribution in [0.5, 0.6) is 0 Å². The number of piperidine rings is 4. The fourth-order valence-electron chi connectivity index (χ4n) is 5.43. The predicted molar refractivity (Wildman–Crippen MR) is 90.2 cm³/mol. The van der Waals surface area contributed by atoms with Crippen molar-refractivity contribution in [1.29, 1.82) is 0 Å². The number of nitrogens with zero attached hydrogens (tertiary/aromatic N) is 2. The van der Waals surface area contributed by atoms with Crippen molar-refractivity contribution in [3.05, 3.63) is 36.0 Å². The van der Waals surface area contributed by atoms with Gasteiger partial charge in [-0.3, -0.25) is 4.90 Å². The molecule has 24 heavy (non-hydrogen) atoms. The maximum absolute atomic E-state index is 11.6. The Balaban J connectivity index is 1.52. The Morgan fingerprint density at radius 2 is 1.75 bits per heavy atom. The molecule has 5 nitrogen and oxygen atoms in total. The number of rotatable bonds is 2. The molecule has 6 rings (SSSR count). The van der Waals surface area contributed by atoms with Crippen LogP contribution in [0.2, 0.25) is 0 Å². The maximum Gasteiger partial charge on any atom is 0.337 e. The molecule has 3 unspecified atom stereocenters. The lowest BCUT2D eigenvalue weighted by atomic mass is 9.70. The first-order valence-electron chi connectivity index (χ1n) is 8.88. The highest BCUT2D eigenvalue weighted by molar-refractivity contribution is 6.03. The Bertz CT molecular complexity index is 798. The van der Waals surface area contributed by atoms with E-state index in [0.717, 1.165) is 43.1 Å². The number of benzene rings is 1. The lowest BCUT2D eigenvalue weighted by molar-refractivity contribution is -0.114. The van der Waals surface area contributed by atoms with Crippen molar-refractivity contribution in [3.63, 3.8) is 0 Å². The summed E-state index contributed by atoms with van der Waals surface area (Å²) in [4.78, 5) is 14.1. The van der Waals surface area contributed by atoms with Gasteiger partial charge in [0.05, 0.1) is 11.7 Å². The molecule has 0 radical (unpaired) electrons. The van der Waals surface area contributed by atoms with Gasteiger partial charge in [0.2, 0.25) is 0 Å². The van der Waals surface area contributed by atoms with Crippen LogP contribution in [0.15, 0.2) is 30.5 Å². The molecule has 1 aromatic carbocycles. The molecular formula is C19H22N2O3. The lowest BCUT2D eigenvalue weighted by Gasteiger charge is -2.57. The molecule has 5 heterocycles. The first kappa shape index (κ1) is 14.5. The van der Waals surface area contributed by atoms with Crippen molar-refractivity contribution in [1.82, 2.24) is 9.47 Å². The Kier molecular flexibility index (Phi) is 3.06. The van der Waals surface area contributed by atoms with E-state index in [1.54, 1.807) is 0 Å². The van der Waals surface area contributed by atoms with Crippen LogP contribution < -0.4 is 0 Å². The molecule has 5 heteroatoms. The second kappa shape index (κ2) is 5.07. The third kappa shape index (κ3) is 1.98. The van der Waals surface area contributed by atoms with E-state index in [0.29, 0.717) is 29.6 Å². The quantitative estimate of drug-likeness (QED) is 0.890. The Morgan fingerprint density at radius 1 is 1.04 bits per heavy atom. The van der Waals surface area contributed by atoms with E-state index in [9.17, 15) is 15.0 Å². The molecule has 4 saturated heterocycles. The molecule has 2 aromatic rings. The highest BCUT2D eigenvalue weighted by Gasteiger charge is 2.48. The molecule has 0 spiro atoms. The Hall–Kier alpha value is -1.85. The number of carboxylic acids is 1. The van der Waals surface area contributed by atoms with Crippen molar-refractivity contribution < 1.29 is 15.0 Å². The average Bonchev–Trinajstić information content (AvgIpc) is 2.94. The van der Waals surface area contributed by atoms with Crippen LogP contribution in [0.25, 0.3) is 10.9 Å². The van der Waals surface area contributed by atoms with Crippen LogP contribution in [0.4, 0.5) is 0 Å². The van der Waals surface area contributed by atoms with Gasteiger partial charge in [0.25, 0.3) is 0 Å². The summed E-state index contributed by atoms with van der Waals surface area (Å²) in [6.45, 7) is 0.819. The number of hydrogen-bond acceptors (Lipinski definition) is 3. The molecule has 0 saturated carbocycles. The molecule has 4 fully saturated rings. The maximum atomic E-state index is 11.6.